The molecule has 1 heterocycles. The highest BCUT2D eigenvalue weighted by atomic mass is 19.1. The summed E-state index contributed by atoms with van der Waals surface area (Å²) < 4.78 is 30.1. The normalized spacial score (nSPS) is 16.1. The number of nitrogens with zero attached hydrogens (tertiary/aromatic N) is 2. The smallest absolute Gasteiger partial charge is 0.256 e. The van der Waals surface area contributed by atoms with Gasteiger partial charge in [0.05, 0.1) is 32.0 Å². The Morgan fingerprint density at radius 1 is 1.16 bits per heavy atom. The summed E-state index contributed by atoms with van der Waals surface area (Å²) in [4.78, 5) is 29.0. The van der Waals surface area contributed by atoms with Crippen LogP contribution in [0.5, 0.6) is 5.75 Å². The molecule has 1 fully saturated rings. The number of benzene rings is 2. The van der Waals surface area contributed by atoms with Crippen LogP contribution < -0.4 is 4.74 Å². The third-order valence-corrected chi connectivity index (χ3v) is 5.14. The van der Waals surface area contributed by atoms with Crippen molar-refractivity contribution in [3.63, 3.8) is 0 Å². The number of halogens is 1. The summed E-state index contributed by atoms with van der Waals surface area (Å²) in [7, 11) is 3.14. The molecular weight excluding hydrogens is 403 g/mol. The zero-order valence-electron chi connectivity index (χ0n) is 17.8. The third kappa shape index (κ3) is 5.80. The van der Waals surface area contributed by atoms with Crippen LogP contribution >= 0.6 is 0 Å². The maximum atomic E-state index is 14.0. The minimum absolute atomic E-state index is 0.0358. The first-order valence-electron chi connectivity index (χ1n) is 10.1. The quantitative estimate of drug-likeness (QED) is 0.644. The van der Waals surface area contributed by atoms with Gasteiger partial charge in [0.2, 0.25) is 0 Å². The van der Waals surface area contributed by atoms with Crippen molar-refractivity contribution in [3.8, 4) is 5.75 Å². The number of rotatable bonds is 8. The van der Waals surface area contributed by atoms with E-state index in [9.17, 15) is 14.0 Å². The van der Waals surface area contributed by atoms with Crippen LogP contribution in [0.15, 0.2) is 48.5 Å². The Hall–Kier alpha value is -2.97. The number of carbonyl (C=O) groups excluding carboxylic acids is 2. The summed E-state index contributed by atoms with van der Waals surface area (Å²) in [5.41, 5.74) is 0.556. The second-order valence-corrected chi connectivity index (χ2v) is 7.20. The van der Waals surface area contributed by atoms with Gasteiger partial charge in [0, 0.05) is 38.9 Å². The Morgan fingerprint density at radius 2 is 1.90 bits per heavy atom. The number of morpholine rings is 1. The molecule has 2 aromatic carbocycles. The Labute approximate surface area is 181 Å². The minimum atomic E-state index is -0.549. The second-order valence-electron chi connectivity index (χ2n) is 7.20. The molecule has 166 valence electrons. The van der Waals surface area contributed by atoms with Crippen LogP contribution in [0, 0.1) is 5.82 Å². The van der Waals surface area contributed by atoms with Crippen molar-refractivity contribution in [2.45, 2.75) is 6.10 Å². The summed E-state index contributed by atoms with van der Waals surface area (Å²) in [6.45, 7) is 1.99. The highest BCUT2D eigenvalue weighted by Gasteiger charge is 2.29. The Morgan fingerprint density at radius 3 is 2.58 bits per heavy atom. The van der Waals surface area contributed by atoms with Crippen LogP contribution in [-0.4, -0.2) is 81.3 Å². The minimum Gasteiger partial charge on any atom is -0.497 e. The molecule has 0 aliphatic carbocycles. The van der Waals surface area contributed by atoms with E-state index in [0.717, 1.165) is 0 Å². The standard InChI is InChI=1S/C23H27FN2O5/c1-29-13-11-25(22(27)17-7-9-18(30-2)10-8-17)15-19-16-26(12-14-31-19)23(28)20-5-3-4-6-21(20)24/h3-10,19H,11-16H2,1-2H3. The first-order chi connectivity index (χ1) is 15.0. The van der Waals surface area contributed by atoms with Crippen LogP contribution in [0.4, 0.5) is 4.39 Å². The topological polar surface area (TPSA) is 68.3 Å². The van der Waals surface area contributed by atoms with Gasteiger partial charge in [-0.3, -0.25) is 9.59 Å². The number of carbonyl (C=O) groups is 2. The Bertz CT molecular complexity index is 890. The lowest BCUT2D eigenvalue weighted by Gasteiger charge is -2.36. The summed E-state index contributed by atoms with van der Waals surface area (Å²) in [6, 6.07) is 12.8. The lowest BCUT2D eigenvalue weighted by Crippen LogP contribution is -2.51. The maximum Gasteiger partial charge on any atom is 0.256 e. The van der Waals surface area contributed by atoms with Crippen LogP contribution in [0.2, 0.25) is 0 Å². The molecule has 2 aromatic rings. The predicted octanol–water partition coefficient (Wildman–Crippen LogP) is 2.46. The molecule has 1 atom stereocenters. The van der Waals surface area contributed by atoms with E-state index in [4.69, 9.17) is 14.2 Å². The van der Waals surface area contributed by atoms with Crippen LogP contribution in [-0.2, 0) is 9.47 Å². The average molecular weight is 430 g/mol. The molecule has 0 saturated carbocycles. The van der Waals surface area contributed by atoms with Gasteiger partial charge in [-0.1, -0.05) is 12.1 Å². The van der Waals surface area contributed by atoms with E-state index >= 15 is 0 Å². The highest BCUT2D eigenvalue weighted by Crippen LogP contribution is 2.17. The summed E-state index contributed by atoms with van der Waals surface area (Å²) >= 11 is 0. The molecule has 2 amide bonds. The Kier molecular flexibility index (Phi) is 7.97. The molecule has 0 radical (unpaired) electrons. The molecule has 0 bridgehead atoms. The second kappa shape index (κ2) is 10.9. The number of ether oxygens (including phenoxy) is 3. The summed E-state index contributed by atoms with van der Waals surface area (Å²) in [5.74, 6) is -0.429. The van der Waals surface area contributed by atoms with Gasteiger partial charge in [0.25, 0.3) is 11.8 Å². The van der Waals surface area contributed by atoms with Gasteiger partial charge in [0.1, 0.15) is 11.6 Å². The van der Waals surface area contributed by atoms with Gasteiger partial charge in [-0.25, -0.2) is 4.39 Å². The first-order valence-corrected chi connectivity index (χ1v) is 10.1. The van der Waals surface area contributed by atoms with Gasteiger partial charge in [-0.15, -0.1) is 0 Å². The zero-order chi connectivity index (χ0) is 22.2. The molecule has 1 saturated heterocycles. The third-order valence-electron chi connectivity index (χ3n) is 5.14. The molecule has 1 unspecified atom stereocenters. The van der Waals surface area contributed by atoms with Crippen molar-refractivity contribution >= 4 is 11.8 Å². The van der Waals surface area contributed by atoms with Gasteiger partial charge in [-0.2, -0.15) is 0 Å². The molecule has 0 aromatic heterocycles. The molecule has 31 heavy (non-hydrogen) atoms. The van der Waals surface area contributed by atoms with Crippen LogP contribution in [0.1, 0.15) is 20.7 Å². The Balaban J connectivity index is 1.69. The van der Waals surface area contributed by atoms with Crippen molar-refractivity contribution in [1.29, 1.82) is 0 Å². The monoisotopic (exact) mass is 430 g/mol. The van der Waals surface area contributed by atoms with Crippen molar-refractivity contribution in [1.82, 2.24) is 9.80 Å². The van der Waals surface area contributed by atoms with E-state index in [1.165, 1.54) is 12.1 Å². The predicted molar refractivity (Wildman–Crippen MR) is 113 cm³/mol. The highest BCUT2D eigenvalue weighted by molar-refractivity contribution is 5.95. The van der Waals surface area contributed by atoms with Gasteiger partial charge < -0.3 is 24.0 Å². The van der Waals surface area contributed by atoms with E-state index in [1.54, 1.807) is 60.4 Å². The average Bonchev–Trinajstić information content (AvgIpc) is 2.81. The van der Waals surface area contributed by atoms with Gasteiger partial charge in [-0.05, 0) is 36.4 Å². The molecule has 8 heteroatoms. The molecule has 7 nitrogen and oxygen atoms in total. The molecule has 3 rings (SSSR count). The lowest BCUT2D eigenvalue weighted by atomic mass is 10.1. The van der Waals surface area contributed by atoms with E-state index in [1.807, 2.05) is 0 Å². The molecule has 0 spiro atoms. The largest absolute Gasteiger partial charge is 0.497 e. The number of hydrogen-bond acceptors (Lipinski definition) is 5. The van der Waals surface area contributed by atoms with E-state index in [0.29, 0.717) is 37.6 Å². The maximum absolute atomic E-state index is 14.0. The van der Waals surface area contributed by atoms with E-state index in [2.05, 4.69) is 0 Å². The number of methoxy groups -OCH3 is 2. The van der Waals surface area contributed by atoms with Crippen LogP contribution in [0.3, 0.4) is 0 Å². The zero-order valence-corrected chi connectivity index (χ0v) is 17.8. The SMILES string of the molecule is COCCN(CC1CN(C(=O)c2ccccc2F)CCO1)C(=O)c1ccc(OC)cc1. The molecule has 0 N–H and O–H groups in total. The number of amides is 2. The summed E-state index contributed by atoms with van der Waals surface area (Å²) in [6.07, 6.45) is -0.386. The van der Waals surface area contributed by atoms with Crippen molar-refractivity contribution < 1.29 is 28.2 Å². The molecular formula is C23H27FN2O5. The first kappa shape index (κ1) is 22.7. The molecule has 1 aliphatic rings. The summed E-state index contributed by atoms with van der Waals surface area (Å²) in [5, 5.41) is 0. The number of hydrogen-bond donors (Lipinski definition) is 0. The van der Waals surface area contributed by atoms with Crippen molar-refractivity contribution in [2.75, 3.05) is 53.6 Å². The fraction of sp³-hybridized carbons (Fsp3) is 0.391. The van der Waals surface area contributed by atoms with Crippen molar-refractivity contribution in [3.05, 3.63) is 65.5 Å². The fourth-order valence-corrected chi connectivity index (χ4v) is 3.46. The molecule has 1 aliphatic heterocycles. The fourth-order valence-electron chi connectivity index (χ4n) is 3.46. The van der Waals surface area contributed by atoms with Gasteiger partial charge in [0.15, 0.2) is 0 Å². The van der Waals surface area contributed by atoms with Crippen LogP contribution in [0.25, 0.3) is 0 Å². The lowest BCUT2D eigenvalue weighted by molar-refractivity contribution is -0.0348. The van der Waals surface area contributed by atoms with Gasteiger partial charge >= 0.3 is 0 Å². The van der Waals surface area contributed by atoms with E-state index in [-0.39, 0.29) is 36.6 Å². The van der Waals surface area contributed by atoms with Crippen molar-refractivity contribution in [2.24, 2.45) is 0 Å². The van der Waals surface area contributed by atoms with E-state index < -0.39 is 5.82 Å².